The minimum absolute atomic E-state index is 0.00507. The van der Waals surface area contributed by atoms with Gasteiger partial charge in [0.25, 0.3) is 5.91 Å². The van der Waals surface area contributed by atoms with Crippen molar-refractivity contribution in [2.24, 2.45) is 5.92 Å². The zero-order valence-electron chi connectivity index (χ0n) is 20.5. The van der Waals surface area contributed by atoms with Crippen LogP contribution in [0, 0.1) is 5.92 Å². The molecule has 0 aliphatic carbocycles. The van der Waals surface area contributed by atoms with Gasteiger partial charge in [-0.2, -0.15) is 5.10 Å². The van der Waals surface area contributed by atoms with Crippen molar-refractivity contribution in [2.75, 3.05) is 33.4 Å². The lowest BCUT2D eigenvalue weighted by molar-refractivity contribution is 0.0435. The quantitative estimate of drug-likeness (QED) is 0.524. The van der Waals surface area contributed by atoms with Gasteiger partial charge in [0.1, 0.15) is 0 Å². The molecule has 35 heavy (non-hydrogen) atoms. The highest BCUT2D eigenvalue weighted by molar-refractivity contribution is 7.89. The predicted molar refractivity (Wildman–Crippen MR) is 130 cm³/mol. The van der Waals surface area contributed by atoms with Gasteiger partial charge in [-0.05, 0) is 50.9 Å². The standard InChI is InChI=1S/C24H34N4O6S/c1-4-20-22-21(10-6-12-33-13-7-11-26-23(22)29)28(27-20)15-17(2)16-34-24(30)18-8-5-9-19(14-18)35(31,32)25-3/h5,8-9,14,17,25H,4,6-7,10-13,15-16H2,1-3H3,(H,26,29)/t17-/m1/s1. The SMILES string of the molecule is CCc1nn(C[C@@H](C)COC(=O)c2cccc(S(=O)(=O)NC)c2)c2c1C(=O)NCCCOCCC2. The summed E-state index contributed by atoms with van der Waals surface area (Å²) in [6, 6.07) is 5.72. The lowest BCUT2D eigenvalue weighted by Gasteiger charge is -2.15. The van der Waals surface area contributed by atoms with Crippen molar-refractivity contribution in [3.63, 3.8) is 0 Å². The molecular weight excluding hydrogens is 472 g/mol. The van der Waals surface area contributed by atoms with Crippen LogP contribution in [0.4, 0.5) is 0 Å². The number of nitrogens with zero attached hydrogens (tertiary/aromatic N) is 2. The third kappa shape index (κ3) is 6.89. The van der Waals surface area contributed by atoms with E-state index in [4.69, 9.17) is 14.6 Å². The first kappa shape index (κ1) is 26.8. The summed E-state index contributed by atoms with van der Waals surface area (Å²) in [6.45, 7) is 6.29. The fourth-order valence-electron chi connectivity index (χ4n) is 3.93. The molecule has 1 aromatic carbocycles. The Hall–Kier alpha value is -2.76. The molecule has 11 heteroatoms. The normalized spacial score (nSPS) is 16.0. The number of ether oxygens (including phenoxy) is 2. The number of aryl methyl sites for hydroxylation is 1. The zero-order chi connectivity index (χ0) is 25.4. The Kier molecular flexibility index (Phi) is 9.41. The van der Waals surface area contributed by atoms with Crippen LogP contribution in [-0.2, 0) is 38.9 Å². The van der Waals surface area contributed by atoms with Crippen molar-refractivity contribution in [1.29, 1.82) is 0 Å². The Morgan fingerprint density at radius 2 is 2.09 bits per heavy atom. The Morgan fingerprint density at radius 3 is 2.83 bits per heavy atom. The minimum atomic E-state index is -3.66. The van der Waals surface area contributed by atoms with Crippen LogP contribution in [0.3, 0.4) is 0 Å². The van der Waals surface area contributed by atoms with Crippen molar-refractivity contribution in [2.45, 2.75) is 51.0 Å². The third-order valence-electron chi connectivity index (χ3n) is 5.78. The Labute approximate surface area is 206 Å². The number of benzene rings is 1. The summed E-state index contributed by atoms with van der Waals surface area (Å²) in [7, 11) is -2.35. The molecule has 1 aliphatic rings. The summed E-state index contributed by atoms with van der Waals surface area (Å²) >= 11 is 0. The second kappa shape index (κ2) is 12.3. The zero-order valence-corrected chi connectivity index (χ0v) is 21.3. The van der Waals surface area contributed by atoms with Crippen molar-refractivity contribution < 1.29 is 27.5 Å². The lowest BCUT2D eigenvalue weighted by atomic mass is 10.1. The second-order valence-electron chi connectivity index (χ2n) is 8.57. The van der Waals surface area contributed by atoms with E-state index in [1.165, 1.54) is 31.3 Å². The van der Waals surface area contributed by atoms with Gasteiger partial charge in [0.15, 0.2) is 0 Å². The van der Waals surface area contributed by atoms with Gasteiger partial charge in [-0.1, -0.05) is 19.9 Å². The van der Waals surface area contributed by atoms with Crippen molar-refractivity contribution in [3.05, 3.63) is 46.8 Å². The van der Waals surface area contributed by atoms with E-state index in [1.807, 2.05) is 18.5 Å². The van der Waals surface area contributed by atoms with Crippen LogP contribution in [0.15, 0.2) is 29.2 Å². The highest BCUT2D eigenvalue weighted by Crippen LogP contribution is 2.20. The lowest BCUT2D eigenvalue weighted by Crippen LogP contribution is -2.27. The van der Waals surface area contributed by atoms with Crippen LogP contribution in [-0.4, -0.2) is 63.5 Å². The first-order valence-electron chi connectivity index (χ1n) is 11.9. The van der Waals surface area contributed by atoms with Gasteiger partial charge < -0.3 is 14.8 Å². The molecule has 2 N–H and O–H groups in total. The molecule has 1 amide bonds. The minimum Gasteiger partial charge on any atom is -0.462 e. The number of rotatable bonds is 8. The summed E-state index contributed by atoms with van der Waals surface area (Å²) in [5, 5.41) is 7.67. The maximum Gasteiger partial charge on any atom is 0.338 e. The highest BCUT2D eigenvalue weighted by atomic mass is 32.2. The summed E-state index contributed by atoms with van der Waals surface area (Å²) in [6.07, 6.45) is 2.84. The number of esters is 1. The van der Waals surface area contributed by atoms with Gasteiger partial charge in [0.2, 0.25) is 10.0 Å². The van der Waals surface area contributed by atoms with E-state index in [-0.39, 0.29) is 28.9 Å². The molecule has 0 saturated heterocycles. The molecule has 1 atom stereocenters. The molecule has 0 saturated carbocycles. The second-order valence-corrected chi connectivity index (χ2v) is 10.5. The van der Waals surface area contributed by atoms with Gasteiger partial charge in [0, 0.05) is 32.2 Å². The number of fused-ring (bicyclic) bond motifs is 1. The average molecular weight is 507 g/mol. The number of hydrogen-bond acceptors (Lipinski definition) is 7. The van der Waals surface area contributed by atoms with Crippen molar-refractivity contribution in [3.8, 4) is 0 Å². The van der Waals surface area contributed by atoms with Crippen LogP contribution in [0.5, 0.6) is 0 Å². The van der Waals surface area contributed by atoms with E-state index in [2.05, 4.69) is 10.0 Å². The highest BCUT2D eigenvalue weighted by Gasteiger charge is 2.24. The van der Waals surface area contributed by atoms with Crippen LogP contribution in [0.2, 0.25) is 0 Å². The number of hydrogen-bond donors (Lipinski definition) is 2. The number of carbonyl (C=O) groups excluding carboxylic acids is 2. The fraction of sp³-hybridized carbons (Fsp3) is 0.542. The van der Waals surface area contributed by atoms with E-state index in [0.717, 1.165) is 24.2 Å². The summed E-state index contributed by atoms with van der Waals surface area (Å²) in [4.78, 5) is 25.4. The topological polar surface area (TPSA) is 129 Å². The van der Waals surface area contributed by atoms with E-state index < -0.39 is 16.0 Å². The first-order chi connectivity index (χ1) is 16.8. The van der Waals surface area contributed by atoms with Crippen LogP contribution in [0.1, 0.15) is 58.8 Å². The molecule has 0 fully saturated rings. The molecule has 10 nitrogen and oxygen atoms in total. The van der Waals surface area contributed by atoms with Crippen LogP contribution in [0.25, 0.3) is 0 Å². The molecule has 0 spiro atoms. The summed E-state index contributed by atoms with van der Waals surface area (Å²) in [5.74, 6) is -0.801. The largest absolute Gasteiger partial charge is 0.462 e. The molecular formula is C24H34N4O6S. The average Bonchev–Trinajstić information content (AvgIpc) is 3.18. The third-order valence-corrected chi connectivity index (χ3v) is 7.19. The van der Waals surface area contributed by atoms with E-state index in [0.29, 0.717) is 44.7 Å². The summed E-state index contributed by atoms with van der Waals surface area (Å²) < 4.78 is 39.2. The molecule has 192 valence electrons. The van der Waals surface area contributed by atoms with Gasteiger partial charge in [0.05, 0.1) is 34.0 Å². The van der Waals surface area contributed by atoms with Gasteiger partial charge in [-0.15, -0.1) is 0 Å². The molecule has 2 heterocycles. The number of carbonyl (C=O) groups is 2. The van der Waals surface area contributed by atoms with Crippen LogP contribution < -0.4 is 10.0 Å². The van der Waals surface area contributed by atoms with Crippen molar-refractivity contribution in [1.82, 2.24) is 19.8 Å². The molecule has 0 radical (unpaired) electrons. The molecule has 3 rings (SSSR count). The van der Waals surface area contributed by atoms with Crippen molar-refractivity contribution >= 4 is 21.9 Å². The predicted octanol–water partition coefficient (Wildman–Crippen LogP) is 1.93. The van der Waals surface area contributed by atoms with E-state index in [9.17, 15) is 18.0 Å². The first-order valence-corrected chi connectivity index (χ1v) is 13.4. The Balaban J connectivity index is 1.71. The number of amides is 1. The number of nitrogens with one attached hydrogen (secondary N) is 2. The van der Waals surface area contributed by atoms with Gasteiger partial charge in [-0.3, -0.25) is 9.48 Å². The molecule has 1 aromatic heterocycles. The molecule has 2 aromatic rings. The van der Waals surface area contributed by atoms with Crippen LogP contribution >= 0.6 is 0 Å². The Bertz CT molecular complexity index is 1140. The fourth-order valence-corrected chi connectivity index (χ4v) is 4.71. The Morgan fingerprint density at radius 1 is 1.31 bits per heavy atom. The smallest absolute Gasteiger partial charge is 0.338 e. The monoisotopic (exact) mass is 506 g/mol. The molecule has 0 unspecified atom stereocenters. The van der Waals surface area contributed by atoms with Gasteiger partial charge >= 0.3 is 5.97 Å². The van der Waals surface area contributed by atoms with E-state index >= 15 is 0 Å². The van der Waals surface area contributed by atoms with E-state index in [1.54, 1.807) is 0 Å². The number of sulfonamides is 1. The maximum absolute atomic E-state index is 12.9. The maximum atomic E-state index is 12.9. The summed E-state index contributed by atoms with van der Waals surface area (Å²) in [5.41, 5.74) is 2.42. The number of aromatic nitrogens is 2. The molecule has 1 aliphatic heterocycles. The van der Waals surface area contributed by atoms with Gasteiger partial charge in [-0.25, -0.2) is 17.9 Å². The molecule has 0 bridgehead atoms.